The second-order valence-electron chi connectivity index (χ2n) is 14.1. The van der Waals surface area contributed by atoms with Crippen LogP contribution in [0.1, 0.15) is 25.0 Å². The van der Waals surface area contributed by atoms with Gasteiger partial charge >= 0.3 is 0 Å². The normalized spacial score (nSPS) is 13.2. The summed E-state index contributed by atoms with van der Waals surface area (Å²) in [5.41, 5.74) is 16.4. The summed E-state index contributed by atoms with van der Waals surface area (Å²) in [7, 11) is 0. The van der Waals surface area contributed by atoms with Crippen LogP contribution < -0.4 is 0 Å². The Hall–Kier alpha value is -6.18. The van der Waals surface area contributed by atoms with Crippen molar-refractivity contribution in [2.24, 2.45) is 0 Å². The maximum absolute atomic E-state index is 2.50. The Labute approximate surface area is 292 Å². The van der Waals surface area contributed by atoms with Crippen LogP contribution in [0.15, 0.2) is 176 Å². The van der Waals surface area contributed by atoms with E-state index >= 15 is 0 Å². The van der Waals surface area contributed by atoms with E-state index in [0.717, 1.165) is 5.69 Å². The van der Waals surface area contributed by atoms with Crippen molar-refractivity contribution in [1.29, 1.82) is 0 Å². The molecular formula is C49H35N. The second kappa shape index (κ2) is 10.9. The SMILES string of the molecule is CC1(C)c2ccccc2-c2c1c1ccccc1c1c2c2ccccc2n1-c1ccc(-c2cc(-c3ccccc3)cc(-c3ccccc3)c2)cc1. The van der Waals surface area contributed by atoms with E-state index in [-0.39, 0.29) is 5.41 Å². The highest BCUT2D eigenvalue weighted by Crippen LogP contribution is 2.56. The van der Waals surface area contributed by atoms with Gasteiger partial charge in [0, 0.05) is 27.3 Å². The van der Waals surface area contributed by atoms with Gasteiger partial charge in [0.2, 0.25) is 0 Å². The number of fused-ring (bicyclic) bond motifs is 10. The number of rotatable bonds is 4. The largest absolute Gasteiger partial charge is 0.309 e. The molecule has 0 saturated heterocycles. The summed E-state index contributed by atoms with van der Waals surface area (Å²) in [6.45, 7) is 4.79. The maximum Gasteiger partial charge on any atom is 0.0625 e. The number of nitrogens with zero attached hydrogens (tertiary/aromatic N) is 1. The molecule has 1 aliphatic rings. The van der Waals surface area contributed by atoms with Gasteiger partial charge in [-0.1, -0.05) is 153 Å². The van der Waals surface area contributed by atoms with Gasteiger partial charge in [-0.15, -0.1) is 0 Å². The van der Waals surface area contributed by atoms with E-state index in [1.54, 1.807) is 0 Å². The lowest BCUT2D eigenvalue weighted by Gasteiger charge is -2.24. The van der Waals surface area contributed by atoms with E-state index < -0.39 is 0 Å². The molecule has 0 aliphatic heterocycles. The standard InChI is InChI=1S/C49H35N/c1-49(2)43-23-13-11-21-41(43)45-46-42-22-12-14-24-44(42)50(48(46)40-20-10-9-19-39(40)47(45)49)38-27-25-34(26-28-38)37-30-35(32-15-5-3-6-16-32)29-36(31-37)33-17-7-4-8-18-33/h3-31H,1-2H3. The van der Waals surface area contributed by atoms with Gasteiger partial charge in [0.25, 0.3) is 0 Å². The van der Waals surface area contributed by atoms with Crippen molar-refractivity contribution in [2.45, 2.75) is 19.3 Å². The monoisotopic (exact) mass is 637 g/mol. The first kappa shape index (κ1) is 28.8. The highest BCUT2D eigenvalue weighted by Gasteiger charge is 2.39. The quantitative estimate of drug-likeness (QED) is 0.181. The fourth-order valence-electron chi connectivity index (χ4n) is 8.67. The third-order valence-corrected chi connectivity index (χ3v) is 10.9. The fourth-order valence-corrected chi connectivity index (χ4v) is 8.67. The zero-order chi connectivity index (χ0) is 33.4. The molecule has 0 unspecified atom stereocenters. The van der Waals surface area contributed by atoms with Gasteiger partial charge in [0.1, 0.15) is 0 Å². The van der Waals surface area contributed by atoms with Crippen molar-refractivity contribution >= 4 is 32.6 Å². The van der Waals surface area contributed by atoms with Gasteiger partial charge in [-0.3, -0.25) is 0 Å². The number of para-hydroxylation sites is 1. The number of aromatic nitrogens is 1. The Balaban J connectivity index is 1.21. The Morgan fingerprint density at radius 1 is 0.420 bits per heavy atom. The summed E-state index contributed by atoms with van der Waals surface area (Å²) in [5, 5.41) is 5.28. The lowest BCUT2D eigenvalue weighted by atomic mass is 9.79. The molecule has 9 aromatic rings. The van der Waals surface area contributed by atoms with Crippen LogP contribution in [0.5, 0.6) is 0 Å². The zero-order valence-electron chi connectivity index (χ0n) is 28.2. The topological polar surface area (TPSA) is 4.93 Å². The van der Waals surface area contributed by atoms with E-state index in [2.05, 4.69) is 194 Å². The summed E-state index contributed by atoms with van der Waals surface area (Å²) < 4.78 is 2.50. The molecule has 0 atom stereocenters. The molecule has 0 spiro atoms. The predicted molar refractivity (Wildman–Crippen MR) is 212 cm³/mol. The van der Waals surface area contributed by atoms with Crippen molar-refractivity contribution < 1.29 is 0 Å². The molecule has 50 heavy (non-hydrogen) atoms. The van der Waals surface area contributed by atoms with Crippen molar-refractivity contribution in [3.8, 4) is 50.2 Å². The number of hydrogen-bond donors (Lipinski definition) is 0. The van der Waals surface area contributed by atoms with Crippen LogP contribution in [0, 0.1) is 0 Å². The molecule has 0 saturated carbocycles. The first-order chi connectivity index (χ1) is 24.6. The van der Waals surface area contributed by atoms with Crippen molar-refractivity contribution in [3.63, 3.8) is 0 Å². The van der Waals surface area contributed by atoms with Gasteiger partial charge in [-0.2, -0.15) is 0 Å². The molecule has 0 bridgehead atoms. The first-order valence-corrected chi connectivity index (χ1v) is 17.5. The van der Waals surface area contributed by atoms with Gasteiger partial charge in [0.05, 0.1) is 11.0 Å². The van der Waals surface area contributed by atoms with Crippen LogP contribution in [0.25, 0.3) is 82.8 Å². The molecule has 10 rings (SSSR count). The number of benzene rings is 8. The smallest absolute Gasteiger partial charge is 0.0625 e. The molecular weight excluding hydrogens is 603 g/mol. The van der Waals surface area contributed by atoms with Crippen LogP contribution in [0.4, 0.5) is 0 Å². The summed E-state index contributed by atoms with van der Waals surface area (Å²) in [6.07, 6.45) is 0. The van der Waals surface area contributed by atoms with E-state index in [0.29, 0.717) is 0 Å². The second-order valence-corrected chi connectivity index (χ2v) is 14.1. The van der Waals surface area contributed by atoms with Crippen LogP contribution in [-0.2, 0) is 5.41 Å². The van der Waals surface area contributed by atoms with Crippen molar-refractivity contribution in [1.82, 2.24) is 4.57 Å². The van der Waals surface area contributed by atoms with E-state index in [4.69, 9.17) is 0 Å². The zero-order valence-corrected chi connectivity index (χ0v) is 28.2. The molecule has 1 aliphatic carbocycles. The molecule has 236 valence electrons. The van der Waals surface area contributed by atoms with Gasteiger partial charge in [0.15, 0.2) is 0 Å². The van der Waals surface area contributed by atoms with E-state index in [1.807, 2.05) is 0 Å². The van der Waals surface area contributed by atoms with Crippen molar-refractivity contribution in [2.75, 3.05) is 0 Å². The Morgan fingerprint density at radius 2 is 0.920 bits per heavy atom. The van der Waals surface area contributed by atoms with Crippen LogP contribution in [-0.4, -0.2) is 4.57 Å². The van der Waals surface area contributed by atoms with Crippen LogP contribution in [0.2, 0.25) is 0 Å². The first-order valence-electron chi connectivity index (χ1n) is 17.5. The van der Waals surface area contributed by atoms with Crippen molar-refractivity contribution in [3.05, 3.63) is 187 Å². The third-order valence-electron chi connectivity index (χ3n) is 10.9. The Bertz CT molecular complexity index is 2690. The minimum absolute atomic E-state index is 0.0997. The van der Waals surface area contributed by atoms with E-state index in [1.165, 1.54) is 88.2 Å². The summed E-state index contributed by atoms with van der Waals surface area (Å²) in [4.78, 5) is 0. The fraction of sp³-hybridized carbons (Fsp3) is 0.0612. The molecule has 0 amide bonds. The third kappa shape index (κ3) is 4.20. The average Bonchev–Trinajstić information content (AvgIpc) is 3.65. The van der Waals surface area contributed by atoms with Gasteiger partial charge < -0.3 is 4.57 Å². The van der Waals surface area contributed by atoms with Gasteiger partial charge in [-0.05, 0) is 97.4 Å². The summed E-state index contributed by atoms with van der Waals surface area (Å²) in [5.74, 6) is 0. The molecule has 1 nitrogen and oxygen atoms in total. The summed E-state index contributed by atoms with van der Waals surface area (Å²) >= 11 is 0. The molecule has 8 aromatic carbocycles. The molecule has 1 heteroatoms. The molecule has 1 aromatic heterocycles. The predicted octanol–water partition coefficient (Wildman–Crippen LogP) is 13.2. The minimum atomic E-state index is -0.0997. The highest BCUT2D eigenvalue weighted by atomic mass is 15.0. The lowest BCUT2D eigenvalue weighted by molar-refractivity contribution is 0.666. The lowest BCUT2D eigenvalue weighted by Crippen LogP contribution is -2.15. The Morgan fingerprint density at radius 3 is 1.56 bits per heavy atom. The number of hydrogen-bond acceptors (Lipinski definition) is 0. The summed E-state index contributed by atoms with van der Waals surface area (Å²) in [6, 6.07) is 64.6. The highest BCUT2D eigenvalue weighted by molar-refractivity contribution is 6.26. The molecule has 0 radical (unpaired) electrons. The molecule has 0 N–H and O–H groups in total. The minimum Gasteiger partial charge on any atom is -0.309 e. The maximum atomic E-state index is 2.50. The van der Waals surface area contributed by atoms with E-state index in [9.17, 15) is 0 Å². The van der Waals surface area contributed by atoms with Crippen LogP contribution >= 0.6 is 0 Å². The van der Waals surface area contributed by atoms with Crippen LogP contribution in [0.3, 0.4) is 0 Å². The average molecular weight is 638 g/mol. The molecule has 0 fully saturated rings. The Kier molecular flexibility index (Phi) is 6.29. The van der Waals surface area contributed by atoms with Gasteiger partial charge in [-0.25, -0.2) is 0 Å². The molecule has 1 heterocycles.